The Kier molecular flexibility index (Phi) is 3.36. The minimum Gasteiger partial charge on any atom is -0.333 e. The molecule has 0 spiro atoms. The molecule has 0 amide bonds. The van der Waals surface area contributed by atoms with Crippen LogP contribution in [0.2, 0.25) is 0 Å². The summed E-state index contributed by atoms with van der Waals surface area (Å²) in [6.07, 6.45) is 4.84. The smallest absolute Gasteiger partial charge is 0.131 e. The molecule has 1 atom stereocenters. The molecular formula is C11H16N4S. The van der Waals surface area contributed by atoms with Gasteiger partial charge in [0.25, 0.3) is 0 Å². The fraction of sp³-hybridized carbons (Fsp3) is 0.455. The molecule has 0 saturated carbocycles. The topological polar surface area (TPSA) is 56.7 Å². The van der Waals surface area contributed by atoms with E-state index in [2.05, 4.69) is 21.5 Å². The monoisotopic (exact) mass is 236 g/mol. The quantitative estimate of drug-likeness (QED) is 0.884. The van der Waals surface area contributed by atoms with Crippen LogP contribution in [-0.2, 0) is 6.54 Å². The lowest BCUT2D eigenvalue weighted by atomic mass is 10.2. The summed E-state index contributed by atoms with van der Waals surface area (Å²) in [4.78, 5) is 8.73. The summed E-state index contributed by atoms with van der Waals surface area (Å²) >= 11 is 1.62. The van der Waals surface area contributed by atoms with Crippen molar-refractivity contribution in [1.29, 1.82) is 0 Å². The van der Waals surface area contributed by atoms with Crippen molar-refractivity contribution in [2.24, 2.45) is 5.73 Å². The third-order valence-electron chi connectivity index (χ3n) is 2.45. The summed E-state index contributed by atoms with van der Waals surface area (Å²) in [7, 11) is 0. The molecule has 0 aliphatic rings. The largest absolute Gasteiger partial charge is 0.333 e. The highest BCUT2D eigenvalue weighted by molar-refractivity contribution is 7.09. The summed E-state index contributed by atoms with van der Waals surface area (Å²) in [6.45, 7) is 5.08. The standard InChI is InChI=1S/C11H16N4S/c1-3-5-15-6-4-13-11(15)10(12)9-7-16-8(2)14-9/h4,6-7,10H,3,5,12H2,1-2H3. The fourth-order valence-corrected chi connectivity index (χ4v) is 2.33. The van der Waals surface area contributed by atoms with Gasteiger partial charge in [0.05, 0.1) is 10.7 Å². The molecule has 4 nitrogen and oxygen atoms in total. The summed E-state index contributed by atoms with van der Waals surface area (Å²) in [5.74, 6) is 0.896. The number of imidazole rings is 1. The minimum atomic E-state index is -0.216. The maximum Gasteiger partial charge on any atom is 0.131 e. The van der Waals surface area contributed by atoms with Crippen LogP contribution >= 0.6 is 11.3 Å². The first-order valence-corrected chi connectivity index (χ1v) is 6.29. The highest BCUT2D eigenvalue weighted by Gasteiger charge is 2.16. The Morgan fingerprint density at radius 1 is 1.56 bits per heavy atom. The van der Waals surface area contributed by atoms with Crippen molar-refractivity contribution in [2.75, 3.05) is 0 Å². The third-order valence-corrected chi connectivity index (χ3v) is 3.24. The normalized spacial score (nSPS) is 12.9. The molecule has 0 aliphatic heterocycles. The number of nitrogens with zero attached hydrogens (tertiary/aromatic N) is 3. The zero-order valence-corrected chi connectivity index (χ0v) is 10.4. The van der Waals surface area contributed by atoms with Gasteiger partial charge in [0.2, 0.25) is 0 Å². The molecule has 86 valence electrons. The van der Waals surface area contributed by atoms with Gasteiger partial charge < -0.3 is 10.3 Å². The van der Waals surface area contributed by atoms with Gasteiger partial charge in [-0.1, -0.05) is 6.92 Å². The van der Waals surface area contributed by atoms with Crippen molar-refractivity contribution in [2.45, 2.75) is 32.9 Å². The lowest BCUT2D eigenvalue weighted by molar-refractivity contribution is 0.608. The minimum absolute atomic E-state index is 0.216. The number of rotatable bonds is 4. The van der Waals surface area contributed by atoms with Crippen LogP contribution in [0.5, 0.6) is 0 Å². The van der Waals surface area contributed by atoms with Crippen LogP contribution in [0.1, 0.15) is 35.9 Å². The zero-order chi connectivity index (χ0) is 11.5. The molecule has 0 fully saturated rings. The average Bonchev–Trinajstić information content (AvgIpc) is 2.87. The Morgan fingerprint density at radius 2 is 2.38 bits per heavy atom. The molecule has 1 unspecified atom stereocenters. The number of aryl methyl sites for hydroxylation is 2. The second-order valence-corrected chi connectivity index (χ2v) is 4.81. The fourth-order valence-electron chi connectivity index (χ4n) is 1.68. The highest BCUT2D eigenvalue weighted by atomic mass is 32.1. The van der Waals surface area contributed by atoms with E-state index in [4.69, 9.17) is 5.73 Å². The molecule has 2 N–H and O–H groups in total. The number of hydrogen-bond donors (Lipinski definition) is 1. The lowest BCUT2D eigenvalue weighted by Crippen LogP contribution is -2.18. The molecule has 2 aromatic rings. The van der Waals surface area contributed by atoms with E-state index in [1.54, 1.807) is 17.5 Å². The van der Waals surface area contributed by atoms with E-state index in [0.29, 0.717) is 0 Å². The Balaban J connectivity index is 2.26. The van der Waals surface area contributed by atoms with Crippen LogP contribution < -0.4 is 5.73 Å². The first kappa shape index (κ1) is 11.3. The van der Waals surface area contributed by atoms with Crippen LogP contribution in [0.3, 0.4) is 0 Å². The lowest BCUT2D eigenvalue weighted by Gasteiger charge is -2.11. The second kappa shape index (κ2) is 4.76. The summed E-state index contributed by atoms with van der Waals surface area (Å²) < 4.78 is 2.10. The van der Waals surface area contributed by atoms with E-state index in [1.165, 1.54) is 0 Å². The van der Waals surface area contributed by atoms with Gasteiger partial charge in [0.1, 0.15) is 11.9 Å². The molecule has 2 aromatic heterocycles. The molecule has 0 aromatic carbocycles. The molecule has 0 saturated heterocycles. The Hall–Kier alpha value is -1.20. The first-order valence-electron chi connectivity index (χ1n) is 5.41. The van der Waals surface area contributed by atoms with Crippen molar-refractivity contribution >= 4 is 11.3 Å². The molecule has 16 heavy (non-hydrogen) atoms. The third kappa shape index (κ3) is 2.15. The SMILES string of the molecule is CCCn1ccnc1C(N)c1csc(C)n1. The van der Waals surface area contributed by atoms with Gasteiger partial charge in [-0.15, -0.1) is 11.3 Å². The van der Waals surface area contributed by atoms with Gasteiger partial charge in [-0.05, 0) is 13.3 Å². The van der Waals surface area contributed by atoms with E-state index < -0.39 is 0 Å². The zero-order valence-electron chi connectivity index (χ0n) is 9.55. The molecule has 2 rings (SSSR count). The average molecular weight is 236 g/mol. The maximum atomic E-state index is 6.17. The first-order chi connectivity index (χ1) is 7.72. The van der Waals surface area contributed by atoms with Crippen molar-refractivity contribution in [3.63, 3.8) is 0 Å². The van der Waals surface area contributed by atoms with E-state index in [0.717, 1.165) is 29.5 Å². The van der Waals surface area contributed by atoms with Gasteiger partial charge in [-0.25, -0.2) is 9.97 Å². The highest BCUT2D eigenvalue weighted by Crippen LogP contribution is 2.20. The predicted octanol–water partition coefficient (Wildman–Crippen LogP) is 2.11. The van der Waals surface area contributed by atoms with Crippen LogP contribution in [0, 0.1) is 6.92 Å². The van der Waals surface area contributed by atoms with Gasteiger partial charge >= 0.3 is 0 Å². The van der Waals surface area contributed by atoms with Crippen molar-refractivity contribution < 1.29 is 0 Å². The Morgan fingerprint density at radius 3 is 3.00 bits per heavy atom. The van der Waals surface area contributed by atoms with E-state index in [-0.39, 0.29) is 6.04 Å². The Bertz CT molecular complexity index is 460. The number of nitrogens with two attached hydrogens (primary N) is 1. The molecule has 5 heteroatoms. The van der Waals surface area contributed by atoms with Crippen LogP contribution in [0.25, 0.3) is 0 Å². The molecule has 2 heterocycles. The summed E-state index contributed by atoms with van der Waals surface area (Å²) in [5, 5.41) is 3.05. The van der Waals surface area contributed by atoms with Crippen LogP contribution in [0.4, 0.5) is 0 Å². The van der Waals surface area contributed by atoms with Crippen molar-refractivity contribution in [3.8, 4) is 0 Å². The van der Waals surface area contributed by atoms with Crippen LogP contribution in [-0.4, -0.2) is 14.5 Å². The van der Waals surface area contributed by atoms with Gasteiger partial charge in [-0.3, -0.25) is 0 Å². The van der Waals surface area contributed by atoms with E-state index in [1.807, 2.05) is 18.5 Å². The number of hydrogen-bond acceptors (Lipinski definition) is 4. The second-order valence-electron chi connectivity index (χ2n) is 3.75. The van der Waals surface area contributed by atoms with E-state index in [9.17, 15) is 0 Å². The molecular weight excluding hydrogens is 220 g/mol. The van der Waals surface area contributed by atoms with Crippen LogP contribution in [0.15, 0.2) is 17.8 Å². The number of thiazole rings is 1. The van der Waals surface area contributed by atoms with Gasteiger partial charge in [0.15, 0.2) is 0 Å². The van der Waals surface area contributed by atoms with Crippen molar-refractivity contribution in [3.05, 3.63) is 34.3 Å². The molecule has 0 radical (unpaired) electrons. The summed E-state index contributed by atoms with van der Waals surface area (Å²) in [6, 6.07) is -0.216. The van der Waals surface area contributed by atoms with Crippen molar-refractivity contribution in [1.82, 2.24) is 14.5 Å². The molecule has 0 aliphatic carbocycles. The predicted molar refractivity (Wildman–Crippen MR) is 65.4 cm³/mol. The maximum absolute atomic E-state index is 6.17. The van der Waals surface area contributed by atoms with Gasteiger partial charge in [-0.2, -0.15) is 0 Å². The van der Waals surface area contributed by atoms with E-state index >= 15 is 0 Å². The molecule has 0 bridgehead atoms. The Labute approximate surface area is 99.2 Å². The summed E-state index contributed by atoms with van der Waals surface area (Å²) in [5.41, 5.74) is 7.07. The number of aromatic nitrogens is 3. The van der Waals surface area contributed by atoms with Gasteiger partial charge in [0, 0.05) is 24.3 Å².